The zero-order valence-corrected chi connectivity index (χ0v) is 5.11. The van der Waals surface area contributed by atoms with Gasteiger partial charge in [0.15, 0.2) is 0 Å². The van der Waals surface area contributed by atoms with Gasteiger partial charge in [0.1, 0.15) is 0 Å². The van der Waals surface area contributed by atoms with Crippen LogP contribution < -0.4 is 0 Å². The van der Waals surface area contributed by atoms with Crippen molar-refractivity contribution in [3.05, 3.63) is 0 Å². The van der Waals surface area contributed by atoms with E-state index in [-0.39, 0.29) is 12.5 Å². The highest BCUT2D eigenvalue weighted by Gasteiger charge is 2.09. The fourth-order valence-corrected chi connectivity index (χ4v) is 0.268. The molecule has 5 heteroatoms. The van der Waals surface area contributed by atoms with Crippen LogP contribution in [0.5, 0.6) is 0 Å². The summed E-state index contributed by atoms with van der Waals surface area (Å²) in [6, 6.07) is 1.87. The number of nitriles is 1. The molecule has 0 heterocycles. The Labute approximate surface area is 53.9 Å². The van der Waals surface area contributed by atoms with Crippen molar-refractivity contribution in [2.45, 2.75) is 6.92 Å². The molecule has 1 unspecified atom stereocenters. The van der Waals surface area contributed by atoms with Gasteiger partial charge in [0.25, 0.3) is 0 Å². The van der Waals surface area contributed by atoms with E-state index in [2.05, 4.69) is 4.65 Å². The van der Waals surface area contributed by atoms with E-state index in [1.54, 1.807) is 6.92 Å². The summed E-state index contributed by atoms with van der Waals surface area (Å²) in [6.07, 6.45) is 0. The van der Waals surface area contributed by atoms with Gasteiger partial charge in [-0.05, 0) is 6.92 Å². The lowest BCUT2D eigenvalue weighted by atomic mass is 10.2. The summed E-state index contributed by atoms with van der Waals surface area (Å²) in [4.78, 5) is 0. The molecular weight excluding hydrogens is 121 g/mol. The zero-order valence-electron chi connectivity index (χ0n) is 5.11. The highest BCUT2D eigenvalue weighted by molar-refractivity contribution is 6.32. The summed E-state index contributed by atoms with van der Waals surface area (Å²) in [7, 11) is -1.76. The minimum Gasteiger partial charge on any atom is -0.402 e. The SMILES string of the molecule is CC(C#N)COB(O)O. The third kappa shape index (κ3) is 5.30. The third-order valence-corrected chi connectivity index (χ3v) is 0.716. The largest absolute Gasteiger partial charge is 0.633 e. The van der Waals surface area contributed by atoms with Crippen LogP contribution in [0.2, 0.25) is 0 Å². The van der Waals surface area contributed by atoms with Gasteiger partial charge in [-0.2, -0.15) is 5.26 Å². The second-order valence-corrected chi connectivity index (χ2v) is 1.69. The van der Waals surface area contributed by atoms with E-state index in [4.69, 9.17) is 15.3 Å². The van der Waals surface area contributed by atoms with Crippen molar-refractivity contribution in [3.63, 3.8) is 0 Å². The average molecular weight is 129 g/mol. The molecule has 0 saturated heterocycles. The van der Waals surface area contributed by atoms with E-state index >= 15 is 0 Å². The van der Waals surface area contributed by atoms with Gasteiger partial charge in [-0.25, -0.2) is 0 Å². The molecule has 0 aliphatic carbocycles. The first-order valence-electron chi connectivity index (χ1n) is 2.54. The Kier molecular flexibility index (Phi) is 4.06. The van der Waals surface area contributed by atoms with Gasteiger partial charge < -0.3 is 14.7 Å². The van der Waals surface area contributed by atoms with E-state index in [1.807, 2.05) is 6.07 Å². The molecule has 50 valence electrons. The standard InChI is InChI=1S/C4H8BNO3/c1-4(2-6)3-9-5(7)8/h4,7-8H,3H2,1H3. The van der Waals surface area contributed by atoms with Crippen LogP contribution in [-0.4, -0.2) is 24.0 Å². The predicted octanol–water partition coefficient (Wildman–Crippen LogP) is -0.868. The number of nitrogens with zero attached hydrogens (tertiary/aromatic N) is 1. The Morgan fingerprint density at radius 2 is 2.33 bits per heavy atom. The van der Waals surface area contributed by atoms with Crippen molar-refractivity contribution in [2.75, 3.05) is 6.61 Å². The predicted molar refractivity (Wildman–Crippen MR) is 30.9 cm³/mol. The maximum Gasteiger partial charge on any atom is 0.633 e. The summed E-state index contributed by atoms with van der Waals surface area (Å²) in [6.45, 7) is 1.68. The molecule has 0 amide bonds. The highest BCUT2D eigenvalue weighted by Crippen LogP contribution is 1.91. The summed E-state index contributed by atoms with van der Waals surface area (Å²) >= 11 is 0. The molecule has 9 heavy (non-hydrogen) atoms. The van der Waals surface area contributed by atoms with Gasteiger partial charge in [0, 0.05) is 6.61 Å². The lowest BCUT2D eigenvalue weighted by Crippen LogP contribution is -2.20. The van der Waals surface area contributed by atoms with Gasteiger partial charge in [-0.15, -0.1) is 0 Å². The van der Waals surface area contributed by atoms with E-state index in [0.29, 0.717) is 0 Å². The monoisotopic (exact) mass is 129 g/mol. The minimum absolute atomic E-state index is 0.0498. The van der Waals surface area contributed by atoms with E-state index < -0.39 is 7.32 Å². The second-order valence-electron chi connectivity index (χ2n) is 1.69. The summed E-state index contributed by atoms with van der Waals surface area (Å²) < 4.78 is 4.28. The van der Waals surface area contributed by atoms with Crippen LogP contribution in [0, 0.1) is 17.2 Å². The van der Waals surface area contributed by atoms with Crippen molar-refractivity contribution in [1.29, 1.82) is 5.26 Å². The fraction of sp³-hybridized carbons (Fsp3) is 0.750. The number of hydrogen-bond donors (Lipinski definition) is 2. The Morgan fingerprint density at radius 1 is 1.78 bits per heavy atom. The van der Waals surface area contributed by atoms with Crippen LogP contribution in [0.25, 0.3) is 0 Å². The molecule has 0 saturated carbocycles. The average Bonchev–Trinajstić information content (AvgIpc) is 1.83. The quantitative estimate of drug-likeness (QED) is 0.485. The molecule has 4 nitrogen and oxygen atoms in total. The van der Waals surface area contributed by atoms with Gasteiger partial charge in [0.05, 0.1) is 12.0 Å². The van der Waals surface area contributed by atoms with Gasteiger partial charge in [-0.3, -0.25) is 0 Å². The van der Waals surface area contributed by atoms with Crippen LogP contribution in [0.15, 0.2) is 0 Å². The van der Waals surface area contributed by atoms with Crippen LogP contribution in [0.3, 0.4) is 0 Å². The normalized spacial score (nSPS) is 12.2. The Balaban J connectivity index is 3.19. The minimum atomic E-state index is -1.76. The van der Waals surface area contributed by atoms with Crippen LogP contribution in [0.1, 0.15) is 6.92 Å². The van der Waals surface area contributed by atoms with Gasteiger partial charge in [-0.1, -0.05) is 0 Å². The Hall–Kier alpha value is -0.565. The third-order valence-electron chi connectivity index (χ3n) is 0.716. The maximum atomic E-state index is 8.15. The molecule has 0 aromatic rings. The first-order chi connectivity index (χ1) is 4.16. The molecular formula is C4H8BNO3. The second kappa shape index (κ2) is 4.33. The van der Waals surface area contributed by atoms with Crippen molar-refractivity contribution in [2.24, 2.45) is 5.92 Å². The molecule has 0 aromatic heterocycles. The van der Waals surface area contributed by atoms with Crippen molar-refractivity contribution in [3.8, 4) is 6.07 Å². The molecule has 0 fully saturated rings. The number of hydrogen-bond acceptors (Lipinski definition) is 4. The molecule has 0 aliphatic rings. The molecule has 0 aliphatic heterocycles. The van der Waals surface area contributed by atoms with Crippen LogP contribution in [0.4, 0.5) is 0 Å². The fourth-order valence-electron chi connectivity index (χ4n) is 0.268. The topological polar surface area (TPSA) is 73.5 Å². The summed E-state index contributed by atoms with van der Waals surface area (Å²) in [5.41, 5.74) is 0. The van der Waals surface area contributed by atoms with E-state index in [0.717, 1.165) is 0 Å². The van der Waals surface area contributed by atoms with Crippen molar-refractivity contribution >= 4 is 7.32 Å². The summed E-state index contributed by atoms with van der Waals surface area (Å²) in [5.74, 6) is -0.299. The van der Waals surface area contributed by atoms with Gasteiger partial charge in [0.2, 0.25) is 0 Å². The van der Waals surface area contributed by atoms with Gasteiger partial charge >= 0.3 is 7.32 Å². The summed E-state index contributed by atoms with van der Waals surface area (Å²) in [5, 5.41) is 24.4. The maximum absolute atomic E-state index is 8.15. The van der Waals surface area contributed by atoms with Crippen LogP contribution >= 0.6 is 0 Å². The Bertz CT molecular complexity index is 111. The first-order valence-corrected chi connectivity index (χ1v) is 2.54. The zero-order chi connectivity index (χ0) is 7.28. The molecule has 0 bridgehead atoms. The molecule has 0 spiro atoms. The number of rotatable bonds is 3. The van der Waals surface area contributed by atoms with Crippen molar-refractivity contribution in [1.82, 2.24) is 0 Å². The highest BCUT2D eigenvalue weighted by atomic mass is 16.6. The molecule has 2 N–H and O–H groups in total. The lowest BCUT2D eigenvalue weighted by molar-refractivity contribution is 0.173. The van der Waals surface area contributed by atoms with E-state index in [9.17, 15) is 0 Å². The first kappa shape index (κ1) is 8.43. The lowest BCUT2D eigenvalue weighted by Gasteiger charge is -2.01. The molecule has 1 atom stereocenters. The molecule has 0 aromatic carbocycles. The Morgan fingerprint density at radius 3 is 2.67 bits per heavy atom. The smallest absolute Gasteiger partial charge is 0.402 e. The molecule has 0 rings (SSSR count). The van der Waals surface area contributed by atoms with E-state index in [1.165, 1.54) is 0 Å². The molecule has 0 radical (unpaired) electrons. The van der Waals surface area contributed by atoms with Crippen molar-refractivity contribution < 1.29 is 14.7 Å². The van der Waals surface area contributed by atoms with Crippen LogP contribution in [-0.2, 0) is 4.65 Å².